The first-order chi connectivity index (χ1) is 8.70. The summed E-state index contributed by atoms with van der Waals surface area (Å²) < 4.78 is 0. The summed E-state index contributed by atoms with van der Waals surface area (Å²) in [6.45, 7) is 8.12. The van der Waals surface area contributed by atoms with E-state index in [9.17, 15) is 0 Å². The lowest BCUT2D eigenvalue weighted by Gasteiger charge is -2.38. The highest BCUT2D eigenvalue weighted by atomic mass is 32.1. The van der Waals surface area contributed by atoms with E-state index in [1.165, 1.54) is 31.2 Å². The normalized spacial score (nSPS) is 28.8. The summed E-state index contributed by atoms with van der Waals surface area (Å²) in [6, 6.07) is 3.04. The van der Waals surface area contributed by atoms with Crippen molar-refractivity contribution in [3.63, 3.8) is 0 Å². The van der Waals surface area contributed by atoms with E-state index >= 15 is 0 Å². The van der Waals surface area contributed by atoms with Gasteiger partial charge in [0.2, 0.25) is 0 Å². The summed E-state index contributed by atoms with van der Waals surface area (Å²) >= 11 is 1.83. The molecule has 0 bridgehead atoms. The van der Waals surface area contributed by atoms with Crippen LogP contribution in [-0.4, -0.2) is 12.6 Å². The van der Waals surface area contributed by atoms with E-state index in [1.807, 2.05) is 11.3 Å². The lowest BCUT2D eigenvalue weighted by Crippen LogP contribution is -2.42. The van der Waals surface area contributed by atoms with Gasteiger partial charge in [-0.3, -0.25) is 0 Å². The number of rotatable bonds is 5. The quantitative estimate of drug-likeness (QED) is 0.835. The first-order valence-electron chi connectivity index (χ1n) is 7.45. The van der Waals surface area contributed by atoms with Crippen LogP contribution in [-0.2, 0) is 6.42 Å². The van der Waals surface area contributed by atoms with Crippen LogP contribution < -0.4 is 5.32 Å². The molecule has 1 aliphatic carbocycles. The molecule has 1 nitrogen and oxygen atoms in total. The van der Waals surface area contributed by atoms with Crippen LogP contribution in [0.4, 0.5) is 0 Å². The van der Waals surface area contributed by atoms with E-state index in [2.05, 4.69) is 42.9 Å². The van der Waals surface area contributed by atoms with Gasteiger partial charge in [0.15, 0.2) is 0 Å². The molecule has 102 valence electrons. The second-order valence-corrected chi connectivity index (χ2v) is 6.86. The molecule has 18 heavy (non-hydrogen) atoms. The molecule has 0 radical (unpaired) electrons. The zero-order valence-corrected chi connectivity index (χ0v) is 12.8. The Balaban J connectivity index is 2.00. The molecule has 2 rings (SSSR count). The van der Waals surface area contributed by atoms with Gasteiger partial charge < -0.3 is 5.32 Å². The predicted octanol–water partition coefficient (Wildman–Crippen LogP) is 4.34. The fourth-order valence-corrected chi connectivity index (χ4v) is 4.06. The van der Waals surface area contributed by atoms with Gasteiger partial charge in [-0.1, -0.05) is 20.8 Å². The number of hydrogen-bond donors (Lipinski definition) is 1. The third kappa shape index (κ3) is 3.58. The molecule has 2 heteroatoms. The minimum atomic E-state index is 0.741. The molecule has 1 aromatic rings. The third-order valence-corrected chi connectivity index (χ3v) is 5.24. The molecule has 0 aromatic carbocycles. The lowest BCUT2D eigenvalue weighted by atomic mass is 9.72. The molecule has 0 amide bonds. The minimum absolute atomic E-state index is 0.741. The van der Waals surface area contributed by atoms with Crippen molar-refractivity contribution in [2.45, 2.75) is 52.5 Å². The molecular formula is C16H27NS. The van der Waals surface area contributed by atoms with Crippen molar-refractivity contribution in [1.82, 2.24) is 5.32 Å². The van der Waals surface area contributed by atoms with Crippen LogP contribution in [0.3, 0.4) is 0 Å². The summed E-state index contributed by atoms with van der Waals surface area (Å²) in [5, 5.41) is 8.24. The molecule has 0 saturated heterocycles. The molecule has 1 fully saturated rings. The molecule has 3 atom stereocenters. The second kappa shape index (κ2) is 6.72. The van der Waals surface area contributed by atoms with Crippen LogP contribution >= 0.6 is 11.3 Å². The monoisotopic (exact) mass is 265 g/mol. The largest absolute Gasteiger partial charge is 0.314 e. The maximum absolute atomic E-state index is 3.71. The van der Waals surface area contributed by atoms with Gasteiger partial charge in [0, 0.05) is 6.04 Å². The fourth-order valence-electron chi connectivity index (χ4n) is 3.37. The van der Waals surface area contributed by atoms with Crippen LogP contribution in [0, 0.1) is 17.8 Å². The van der Waals surface area contributed by atoms with Crippen LogP contribution in [0.2, 0.25) is 0 Å². The summed E-state index contributed by atoms with van der Waals surface area (Å²) in [5.74, 6) is 2.61. The van der Waals surface area contributed by atoms with Crippen molar-refractivity contribution in [2.75, 3.05) is 6.54 Å². The number of thiophene rings is 1. The zero-order valence-electron chi connectivity index (χ0n) is 12.0. The van der Waals surface area contributed by atoms with Gasteiger partial charge in [-0.25, -0.2) is 0 Å². The minimum Gasteiger partial charge on any atom is -0.314 e. The first kappa shape index (κ1) is 14.1. The molecule has 3 unspecified atom stereocenters. The van der Waals surface area contributed by atoms with Gasteiger partial charge in [0.05, 0.1) is 0 Å². The van der Waals surface area contributed by atoms with Crippen molar-refractivity contribution < 1.29 is 0 Å². The highest BCUT2D eigenvalue weighted by Gasteiger charge is 2.31. The third-order valence-electron chi connectivity index (χ3n) is 4.51. The molecule has 1 saturated carbocycles. The van der Waals surface area contributed by atoms with Crippen LogP contribution in [0.25, 0.3) is 0 Å². The van der Waals surface area contributed by atoms with Crippen molar-refractivity contribution >= 4 is 11.3 Å². The topological polar surface area (TPSA) is 12.0 Å². The van der Waals surface area contributed by atoms with E-state index < -0.39 is 0 Å². The Morgan fingerprint density at radius 2 is 2.22 bits per heavy atom. The van der Waals surface area contributed by atoms with Gasteiger partial charge >= 0.3 is 0 Å². The molecule has 1 aromatic heterocycles. The van der Waals surface area contributed by atoms with Gasteiger partial charge in [-0.05, 0) is 72.4 Å². The van der Waals surface area contributed by atoms with Crippen LogP contribution in [0.1, 0.15) is 45.6 Å². The Bertz CT molecular complexity index is 331. The molecule has 1 heterocycles. The predicted molar refractivity (Wildman–Crippen MR) is 81.2 cm³/mol. The van der Waals surface area contributed by atoms with Gasteiger partial charge in [-0.15, -0.1) is 0 Å². The standard InChI is InChI=1S/C16H27NS/c1-4-17-16-6-5-14(12(2)3)10-15(16)9-13-7-8-18-11-13/h7-8,11-12,14-17H,4-6,9-10H2,1-3H3. The smallest absolute Gasteiger partial charge is 0.00985 e. The van der Waals surface area contributed by atoms with Crippen molar-refractivity contribution in [3.05, 3.63) is 22.4 Å². The Kier molecular flexibility index (Phi) is 5.25. The second-order valence-electron chi connectivity index (χ2n) is 6.08. The Labute approximate surface area is 116 Å². The molecule has 0 spiro atoms. The SMILES string of the molecule is CCNC1CCC(C(C)C)CC1Cc1ccsc1. The fraction of sp³-hybridized carbons (Fsp3) is 0.750. The van der Waals surface area contributed by atoms with Gasteiger partial charge in [0.1, 0.15) is 0 Å². The van der Waals surface area contributed by atoms with E-state index in [0.29, 0.717) is 0 Å². The van der Waals surface area contributed by atoms with E-state index in [0.717, 1.165) is 30.3 Å². The van der Waals surface area contributed by atoms with Crippen LogP contribution in [0.15, 0.2) is 16.8 Å². The zero-order chi connectivity index (χ0) is 13.0. The first-order valence-corrected chi connectivity index (χ1v) is 8.39. The van der Waals surface area contributed by atoms with Crippen molar-refractivity contribution in [3.8, 4) is 0 Å². The number of hydrogen-bond acceptors (Lipinski definition) is 2. The highest BCUT2D eigenvalue weighted by molar-refractivity contribution is 7.07. The maximum atomic E-state index is 3.71. The van der Waals surface area contributed by atoms with E-state index in [1.54, 1.807) is 0 Å². The average Bonchev–Trinajstić information content (AvgIpc) is 2.84. The highest BCUT2D eigenvalue weighted by Crippen LogP contribution is 2.35. The molecular weight excluding hydrogens is 238 g/mol. The van der Waals surface area contributed by atoms with E-state index in [-0.39, 0.29) is 0 Å². The molecule has 1 N–H and O–H groups in total. The number of nitrogens with one attached hydrogen (secondary N) is 1. The Morgan fingerprint density at radius 3 is 2.83 bits per heavy atom. The summed E-state index contributed by atoms with van der Waals surface area (Å²) in [7, 11) is 0. The maximum Gasteiger partial charge on any atom is 0.00985 e. The van der Waals surface area contributed by atoms with Crippen molar-refractivity contribution in [2.24, 2.45) is 17.8 Å². The molecule has 0 aliphatic heterocycles. The van der Waals surface area contributed by atoms with Crippen molar-refractivity contribution in [1.29, 1.82) is 0 Å². The van der Waals surface area contributed by atoms with Gasteiger partial charge in [-0.2, -0.15) is 11.3 Å². The van der Waals surface area contributed by atoms with Crippen LogP contribution in [0.5, 0.6) is 0 Å². The lowest BCUT2D eigenvalue weighted by molar-refractivity contribution is 0.169. The Morgan fingerprint density at radius 1 is 1.39 bits per heavy atom. The Hall–Kier alpha value is -0.340. The summed E-state index contributed by atoms with van der Waals surface area (Å²) in [4.78, 5) is 0. The van der Waals surface area contributed by atoms with E-state index in [4.69, 9.17) is 0 Å². The van der Waals surface area contributed by atoms with Gasteiger partial charge in [0.25, 0.3) is 0 Å². The molecule has 1 aliphatic rings. The summed E-state index contributed by atoms with van der Waals surface area (Å²) in [5.41, 5.74) is 1.54. The average molecular weight is 265 g/mol. The summed E-state index contributed by atoms with van der Waals surface area (Å²) in [6.07, 6.45) is 5.45.